The van der Waals surface area contributed by atoms with Gasteiger partial charge in [-0.2, -0.15) is 0 Å². The fourth-order valence-electron chi connectivity index (χ4n) is 0.515. The van der Waals surface area contributed by atoms with Crippen LogP contribution in [-0.4, -0.2) is 17.7 Å². The summed E-state index contributed by atoms with van der Waals surface area (Å²) < 4.78 is 0. The zero-order valence-electron chi connectivity index (χ0n) is 6.79. The van der Waals surface area contributed by atoms with Crippen LogP contribution in [0.5, 0.6) is 0 Å². The van der Waals surface area contributed by atoms with Gasteiger partial charge >= 0.3 is 0 Å². The quantitative estimate of drug-likeness (QED) is 0.562. The van der Waals surface area contributed by atoms with Crippen molar-refractivity contribution in [3.8, 4) is 0 Å². The molecule has 1 rings (SSSR count). The van der Waals surface area contributed by atoms with Crippen LogP contribution in [0.3, 0.4) is 0 Å². The van der Waals surface area contributed by atoms with Crippen molar-refractivity contribution in [3.05, 3.63) is 0 Å². The van der Waals surface area contributed by atoms with Crippen molar-refractivity contribution in [1.29, 1.82) is 0 Å². The van der Waals surface area contributed by atoms with Crippen LogP contribution >= 0.6 is 0 Å². The summed E-state index contributed by atoms with van der Waals surface area (Å²) in [7, 11) is 0. The zero-order chi connectivity index (χ0) is 8.85. The first kappa shape index (κ1) is 9.74. The second kappa shape index (κ2) is 4.54. The number of nitrogens with zero attached hydrogens (tertiary/aromatic N) is 2. The molecular formula is C6H11N3O2. The minimum atomic E-state index is -0.898. The van der Waals surface area contributed by atoms with Crippen molar-refractivity contribution in [2.75, 3.05) is 0 Å². The smallest absolute Gasteiger partial charge is 0.275 e. The maximum absolute atomic E-state index is 10.5. The second-order valence-electron chi connectivity index (χ2n) is 1.70. The van der Waals surface area contributed by atoms with Gasteiger partial charge in [-0.15, -0.1) is 5.11 Å². The maximum atomic E-state index is 10.5. The van der Waals surface area contributed by atoms with Crippen LogP contribution in [0.4, 0.5) is 0 Å². The molecule has 0 aromatic rings. The predicted octanol–water partition coefficient (Wildman–Crippen LogP) is 0.467. The summed E-state index contributed by atoms with van der Waals surface area (Å²) >= 11 is 0. The van der Waals surface area contributed by atoms with Crippen LogP contribution in [0.1, 0.15) is 20.8 Å². The lowest BCUT2D eigenvalue weighted by Crippen LogP contribution is -2.28. The predicted molar refractivity (Wildman–Crippen MR) is 38.8 cm³/mol. The van der Waals surface area contributed by atoms with E-state index in [0.29, 0.717) is 0 Å². The Morgan fingerprint density at radius 1 is 1.55 bits per heavy atom. The topological polar surface area (TPSA) is 70.9 Å². The van der Waals surface area contributed by atoms with Crippen molar-refractivity contribution >= 4 is 11.7 Å². The van der Waals surface area contributed by atoms with Gasteiger partial charge < -0.3 is 0 Å². The molecule has 1 aliphatic rings. The van der Waals surface area contributed by atoms with Gasteiger partial charge in [-0.3, -0.25) is 9.59 Å². The number of rotatable bonds is 1. The largest absolute Gasteiger partial charge is 0.297 e. The number of carbonyl (C=O) groups is 2. The number of Topliss-reactive ketones (excluding diaryl/α,β-unsaturated/α-hetero) is 1. The Morgan fingerprint density at radius 3 is 2.27 bits per heavy atom. The van der Waals surface area contributed by atoms with Gasteiger partial charge in [-0.05, 0) is 6.92 Å². The van der Waals surface area contributed by atoms with Crippen LogP contribution in [-0.2, 0) is 9.59 Å². The molecule has 11 heavy (non-hydrogen) atoms. The Kier molecular flexibility index (Phi) is 4.02. The minimum Gasteiger partial charge on any atom is -0.297 e. The molecule has 1 amide bonds. The van der Waals surface area contributed by atoms with Gasteiger partial charge in [0.1, 0.15) is 0 Å². The number of hydrogen-bond acceptors (Lipinski definition) is 4. The van der Waals surface area contributed by atoms with Crippen LogP contribution in [0.25, 0.3) is 0 Å². The van der Waals surface area contributed by atoms with E-state index in [4.69, 9.17) is 0 Å². The molecule has 0 saturated carbocycles. The van der Waals surface area contributed by atoms with Gasteiger partial charge in [0.15, 0.2) is 5.78 Å². The summed E-state index contributed by atoms with van der Waals surface area (Å²) in [4.78, 5) is 20.9. The van der Waals surface area contributed by atoms with Crippen molar-refractivity contribution < 1.29 is 9.59 Å². The van der Waals surface area contributed by atoms with E-state index in [1.165, 1.54) is 6.92 Å². The van der Waals surface area contributed by atoms with E-state index < -0.39 is 11.9 Å². The summed E-state index contributed by atoms with van der Waals surface area (Å²) in [6, 6.07) is -0.898. The van der Waals surface area contributed by atoms with Gasteiger partial charge in [-0.1, -0.05) is 19.1 Å². The molecule has 0 aliphatic carbocycles. The average molecular weight is 157 g/mol. The molecule has 1 heterocycles. The van der Waals surface area contributed by atoms with Gasteiger partial charge in [-0.25, -0.2) is 5.43 Å². The number of nitrogens with one attached hydrogen (secondary N) is 1. The van der Waals surface area contributed by atoms with E-state index in [1.807, 2.05) is 19.3 Å². The molecule has 1 N–H and O–H groups in total. The van der Waals surface area contributed by atoms with E-state index >= 15 is 0 Å². The van der Waals surface area contributed by atoms with Crippen molar-refractivity contribution in [2.24, 2.45) is 10.3 Å². The molecule has 0 spiro atoms. The molecule has 62 valence electrons. The Balaban J connectivity index is 0.000000461. The minimum absolute atomic E-state index is 0.284. The number of amides is 1. The number of ketones is 1. The van der Waals surface area contributed by atoms with Gasteiger partial charge in [0.25, 0.3) is 5.91 Å². The Bertz CT molecular complexity index is 188. The third-order valence-electron chi connectivity index (χ3n) is 0.967. The van der Waals surface area contributed by atoms with E-state index in [0.717, 1.165) is 0 Å². The van der Waals surface area contributed by atoms with Crippen molar-refractivity contribution in [1.82, 2.24) is 5.43 Å². The summed E-state index contributed by atoms with van der Waals surface area (Å²) in [6.45, 7) is 5.30. The molecular weight excluding hydrogens is 146 g/mol. The SMILES string of the molecule is CC.CC(=O)C1N=NNC1=O. The van der Waals surface area contributed by atoms with Gasteiger partial charge in [0.05, 0.1) is 0 Å². The van der Waals surface area contributed by atoms with Crippen LogP contribution in [0, 0.1) is 0 Å². The second-order valence-corrected chi connectivity index (χ2v) is 1.70. The van der Waals surface area contributed by atoms with Gasteiger partial charge in [0.2, 0.25) is 6.04 Å². The highest BCUT2D eigenvalue weighted by Gasteiger charge is 2.26. The molecule has 0 radical (unpaired) electrons. The number of carbonyl (C=O) groups excluding carboxylic acids is 2. The average Bonchev–Trinajstić information content (AvgIpc) is 2.39. The van der Waals surface area contributed by atoms with Crippen LogP contribution in [0.2, 0.25) is 0 Å². The van der Waals surface area contributed by atoms with Crippen molar-refractivity contribution in [3.63, 3.8) is 0 Å². The molecule has 0 saturated heterocycles. The molecule has 1 unspecified atom stereocenters. The third-order valence-corrected chi connectivity index (χ3v) is 0.967. The molecule has 0 bridgehead atoms. The maximum Gasteiger partial charge on any atom is 0.275 e. The van der Waals surface area contributed by atoms with Crippen molar-refractivity contribution in [2.45, 2.75) is 26.8 Å². The standard InChI is InChI=1S/C4H5N3O2.C2H6/c1-2(8)3-4(9)6-7-5-3;1-2/h3H,1H3,(H,5,6,9);1-2H3. The lowest BCUT2D eigenvalue weighted by Gasteiger charge is -1.92. The summed E-state index contributed by atoms with van der Waals surface area (Å²) in [5.74, 6) is -0.726. The highest BCUT2D eigenvalue weighted by Crippen LogP contribution is 1.99. The lowest BCUT2D eigenvalue weighted by atomic mass is 10.2. The normalized spacial score (nSPS) is 20.3. The highest BCUT2D eigenvalue weighted by molar-refractivity contribution is 6.05. The van der Waals surface area contributed by atoms with E-state index in [1.54, 1.807) is 0 Å². The van der Waals surface area contributed by atoms with E-state index in [9.17, 15) is 9.59 Å². The van der Waals surface area contributed by atoms with E-state index in [2.05, 4.69) is 10.3 Å². The van der Waals surface area contributed by atoms with E-state index in [-0.39, 0.29) is 5.78 Å². The fraction of sp³-hybridized carbons (Fsp3) is 0.667. The summed E-state index contributed by atoms with van der Waals surface area (Å²) in [5, 5.41) is 6.50. The zero-order valence-corrected chi connectivity index (χ0v) is 6.79. The molecule has 1 atom stereocenters. The molecule has 5 nitrogen and oxygen atoms in total. The first-order valence-electron chi connectivity index (χ1n) is 3.42. The Labute approximate surface area is 64.9 Å². The van der Waals surface area contributed by atoms with Crippen LogP contribution < -0.4 is 5.43 Å². The van der Waals surface area contributed by atoms with Crippen LogP contribution in [0.15, 0.2) is 10.3 Å². The molecule has 0 aromatic carbocycles. The fourth-order valence-corrected chi connectivity index (χ4v) is 0.515. The molecule has 1 aliphatic heterocycles. The Morgan fingerprint density at radius 2 is 2.09 bits per heavy atom. The lowest BCUT2D eigenvalue weighted by molar-refractivity contribution is -0.127. The molecule has 5 heteroatoms. The Hall–Kier alpha value is -1.26. The highest BCUT2D eigenvalue weighted by atomic mass is 16.2. The molecule has 0 fully saturated rings. The number of hydrogen-bond donors (Lipinski definition) is 1. The first-order valence-corrected chi connectivity index (χ1v) is 3.42. The van der Waals surface area contributed by atoms with Gasteiger partial charge in [0, 0.05) is 0 Å². The molecule has 0 aromatic heterocycles. The summed E-state index contributed by atoms with van der Waals surface area (Å²) in [6.07, 6.45) is 0. The summed E-state index contributed by atoms with van der Waals surface area (Å²) in [5.41, 5.74) is 2.05. The first-order chi connectivity index (χ1) is 5.22. The third kappa shape index (κ3) is 2.45. The monoisotopic (exact) mass is 157 g/mol.